The lowest BCUT2D eigenvalue weighted by atomic mass is 9.12. The second kappa shape index (κ2) is 20.9. The van der Waals surface area contributed by atoms with Gasteiger partial charge in [-0.1, -0.05) is 103 Å². The van der Waals surface area contributed by atoms with Gasteiger partial charge in [-0.05, 0) is 64.9 Å². The van der Waals surface area contributed by atoms with Crippen LogP contribution in [0.1, 0.15) is 44.5 Å². The Morgan fingerprint density at radius 3 is 0.628 bits per heavy atom. The Balaban J connectivity index is 0.000000387. The fourth-order valence-corrected chi connectivity index (χ4v) is 9.99. The van der Waals surface area contributed by atoms with Gasteiger partial charge in [0.1, 0.15) is 6.15 Å². The molecule has 0 spiro atoms. The van der Waals surface area contributed by atoms with E-state index < -0.39 is 205 Å². The molecule has 7 aromatic carbocycles. The normalized spacial score (nSPS) is 13.4. The number of alkyl halides is 24. The molecule has 78 heavy (non-hydrogen) atoms. The number of para-hydroxylation sites is 1. The van der Waals surface area contributed by atoms with E-state index in [0.29, 0.717) is 15.5 Å². The largest absolute Gasteiger partial charge is 0.416 e. The zero-order chi connectivity index (χ0) is 58.5. The second-order valence-electron chi connectivity index (χ2n) is 16.7. The summed E-state index contributed by atoms with van der Waals surface area (Å²) in [6.45, 7) is 0. The van der Waals surface area contributed by atoms with E-state index in [2.05, 4.69) is 0 Å². The second-order valence-corrected chi connectivity index (χ2v) is 18.9. The van der Waals surface area contributed by atoms with Gasteiger partial charge in [-0.25, -0.2) is 0 Å². The Hall–Kier alpha value is -7.13. The highest BCUT2D eigenvalue weighted by molar-refractivity contribution is 7.99. The van der Waals surface area contributed by atoms with Crippen LogP contribution in [0.4, 0.5) is 105 Å². The molecule has 0 aliphatic carbocycles. The van der Waals surface area contributed by atoms with Crippen molar-refractivity contribution in [2.24, 2.45) is 0 Å². The van der Waals surface area contributed by atoms with E-state index >= 15 is 0 Å². The molecule has 0 heterocycles. The van der Waals surface area contributed by atoms with Crippen molar-refractivity contribution >= 4 is 38.2 Å². The van der Waals surface area contributed by atoms with E-state index in [4.69, 9.17) is 4.18 Å². The van der Waals surface area contributed by atoms with Crippen LogP contribution in [0.15, 0.2) is 174 Å². The maximum absolute atomic E-state index is 14.2. The van der Waals surface area contributed by atoms with Crippen LogP contribution in [-0.2, 0) is 63.8 Å². The maximum atomic E-state index is 14.2. The molecule has 0 unspecified atom stereocenters. The number of halogens is 24. The van der Waals surface area contributed by atoms with Crippen LogP contribution >= 0.6 is 0 Å². The van der Waals surface area contributed by atoms with E-state index in [0.717, 1.165) is 0 Å². The van der Waals surface area contributed by atoms with E-state index in [-0.39, 0.29) is 0 Å². The molecule has 0 fully saturated rings. The molecule has 2 nitrogen and oxygen atoms in total. The summed E-state index contributed by atoms with van der Waals surface area (Å²) in [5.74, 6) is 0.593. The summed E-state index contributed by atoms with van der Waals surface area (Å²) in [5, 5.41) is 0. The van der Waals surface area contributed by atoms with Crippen molar-refractivity contribution in [3.05, 3.63) is 208 Å². The highest BCUT2D eigenvalue weighted by Gasteiger charge is 2.47. The third-order valence-electron chi connectivity index (χ3n) is 11.5. The van der Waals surface area contributed by atoms with Gasteiger partial charge in [0.15, 0.2) is 5.75 Å². The van der Waals surface area contributed by atoms with Gasteiger partial charge >= 0.3 is 59.6 Å². The van der Waals surface area contributed by atoms with Gasteiger partial charge in [-0.2, -0.15) is 127 Å². The Labute approximate surface area is 424 Å². The molecule has 0 N–H and O–H groups in total. The first-order chi connectivity index (χ1) is 35.6. The van der Waals surface area contributed by atoms with Gasteiger partial charge in [0.05, 0.1) is 44.5 Å². The lowest BCUT2D eigenvalue weighted by Gasteiger charge is -2.46. The van der Waals surface area contributed by atoms with Gasteiger partial charge in [-0.3, -0.25) is 4.18 Å². The average Bonchev–Trinajstić information content (AvgIpc) is 3.51. The van der Waals surface area contributed by atoms with E-state index in [1.54, 1.807) is 0 Å². The predicted octanol–water partition coefficient (Wildman–Crippen LogP) is 15.8. The van der Waals surface area contributed by atoms with Crippen molar-refractivity contribution in [2.45, 2.75) is 59.2 Å². The van der Waals surface area contributed by atoms with Crippen molar-refractivity contribution in [3.8, 4) is 5.75 Å². The summed E-state index contributed by atoms with van der Waals surface area (Å²) < 4.78 is 360. The molecule has 0 saturated heterocycles. The van der Waals surface area contributed by atoms with Crippen LogP contribution in [0, 0.1) is 0 Å². The van der Waals surface area contributed by atoms with Gasteiger partial charge < -0.3 is 0 Å². The predicted molar refractivity (Wildman–Crippen MR) is 235 cm³/mol. The van der Waals surface area contributed by atoms with Crippen molar-refractivity contribution < 1.29 is 114 Å². The standard InChI is InChI=1S/C32H12BF24.C18H15O2S/c34-25(35,36)13-1-14(26(37,38)39)6-21(5-13)33(22-7-15(27(40,41)42)2-16(8-22)28(43,44)45,23-9-17(29(46,47)48)3-18(10-23)30(49,50)51)24-11-19(31(52,53)54)4-20(12-24)32(55,56)57;19-21(17-12-6-2-7-13-17,18-14-8-3-9-15-18)20-16-10-4-1-5-11-16/h1-12H;1-15H/q-1;+1. The van der Waals surface area contributed by atoms with Crippen LogP contribution < -0.4 is 26.0 Å². The summed E-state index contributed by atoms with van der Waals surface area (Å²) in [6.07, 6.45) is -54.8. The molecule has 0 radical (unpaired) electrons. The number of hydrogen-bond donors (Lipinski definition) is 0. The smallest absolute Gasteiger partial charge is 0.275 e. The average molecular weight is 1160 g/mol. The minimum Gasteiger partial charge on any atom is -0.275 e. The zero-order valence-corrected chi connectivity index (χ0v) is 38.8. The molecular formula is C50H27BF24O2S. The van der Waals surface area contributed by atoms with Crippen LogP contribution in [0.5, 0.6) is 5.75 Å². The highest BCUT2D eigenvalue weighted by atomic mass is 32.3. The first-order valence-electron chi connectivity index (χ1n) is 21.3. The van der Waals surface area contributed by atoms with Crippen LogP contribution in [-0.4, -0.2) is 6.15 Å². The Morgan fingerprint density at radius 1 is 0.269 bits per heavy atom. The Kier molecular flexibility index (Phi) is 16.1. The van der Waals surface area contributed by atoms with Crippen LogP contribution in [0.3, 0.4) is 0 Å². The molecule has 0 saturated carbocycles. The highest BCUT2D eigenvalue weighted by Crippen LogP contribution is 2.42. The zero-order valence-electron chi connectivity index (χ0n) is 38.0. The molecule has 7 aromatic rings. The Bertz CT molecular complexity index is 2800. The first-order valence-corrected chi connectivity index (χ1v) is 22.8. The van der Waals surface area contributed by atoms with E-state index in [1.807, 2.05) is 91.0 Å². The molecule has 0 amide bonds. The molecule has 7 rings (SSSR count). The molecular weight excluding hydrogens is 1130 g/mol. The fourth-order valence-electron chi connectivity index (χ4n) is 8.11. The van der Waals surface area contributed by atoms with E-state index in [1.165, 1.54) is 0 Å². The SMILES string of the molecule is FC(F)(F)c1cc([B-](c2cc(C(F)(F)F)cc(C(F)(F)F)c2)(c2cc(C(F)(F)F)cc(C(F)(F)F)c2)c2cc(C(F)(F)F)cc(C(F)(F)F)c2)cc(C(F)(F)F)c1.O=[S+](Oc1ccccc1)(c1ccccc1)c1ccccc1. The molecule has 0 atom stereocenters. The van der Waals surface area contributed by atoms with Crippen molar-refractivity contribution in [1.82, 2.24) is 0 Å². The number of benzene rings is 7. The molecule has 0 aliphatic rings. The van der Waals surface area contributed by atoms with Crippen molar-refractivity contribution in [3.63, 3.8) is 0 Å². The van der Waals surface area contributed by atoms with Gasteiger partial charge in [0, 0.05) is 0 Å². The molecule has 0 aromatic heterocycles. The molecule has 28 heteroatoms. The summed E-state index contributed by atoms with van der Waals surface area (Å²) >= 11 is 0. The molecule has 0 bridgehead atoms. The lowest BCUT2D eigenvalue weighted by molar-refractivity contribution is -0.144. The van der Waals surface area contributed by atoms with Crippen LogP contribution in [0.2, 0.25) is 0 Å². The first kappa shape index (κ1) is 60.1. The number of hydrogen-bond acceptors (Lipinski definition) is 2. The monoisotopic (exact) mass is 1160 g/mol. The molecule has 0 aliphatic heterocycles. The summed E-state index contributed by atoms with van der Waals surface area (Å²) in [6, 6.07) is 19.0. The van der Waals surface area contributed by atoms with Crippen LogP contribution in [0.25, 0.3) is 0 Å². The minimum absolute atomic E-state index is 0.593. The van der Waals surface area contributed by atoms with Crippen molar-refractivity contribution in [2.75, 3.05) is 0 Å². The minimum atomic E-state index is -6.13. The van der Waals surface area contributed by atoms with Gasteiger partial charge in [0.25, 0.3) is 0 Å². The molecule has 416 valence electrons. The summed E-state index contributed by atoms with van der Waals surface area (Å²) in [4.78, 5) is 1.33. The van der Waals surface area contributed by atoms with Gasteiger partial charge in [0.2, 0.25) is 9.79 Å². The van der Waals surface area contributed by atoms with Gasteiger partial charge in [-0.15, -0.1) is 0 Å². The third-order valence-corrected chi connectivity index (χ3v) is 13.7. The van der Waals surface area contributed by atoms with Crippen molar-refractivity contribution in [1.29, 1.82) is 0 Å². The maximum Gasteiger partial charge on any atom is 0.416 e. The third kappa shape index (κ3) is 13.4. The number of rotatable bonds is 8. The summed E-state index contributed by atoms with van der Waals surface area (Å²) in [5.41, 5.74) is -30.2. The lowest BCUT2D eigenvalue weighted by Crippen LogP contribution is -2.75. The topological polar surface area (TPSA) is 26.3 Å². The fraction of sp³-hybridized carbons (Fsp3) is 0.160. The van der Waals surface area contributed by atoms with E-state index in [9.17, 15) is 110 Å². The Morgan fingerprint density at radius 2 is 0.449 bits per heavy atom. The summed E-state index contributed by atoms with van der Waals surface area (Å²) in [7, 11) is -2.80. The quantitative estimate of drug-likeness (QED) is 0.0861.